The van der Waals surface area contributed by atoms with Gasteiger partial charge in [0.2, 0.25) is 0 Å². The summed E-state index contributed by atoms with van der Waals surface area (Å²) >= 11 is 0. The smallest absolute Gasteiger partial charge is 0.165 e. The Balaban J connectivity index is 1.83. The van der Waals surface area contributed by atoms with Gasteiger partial charge in [-0.1, -0.05) is 13.8 Å². The fraction of sp³-hybridized carbons (Fsp3) is 0.846. The SMILES string of the molecule is C#C[C@H]1[C@@H](CCC2(C)OCCO2)C1(C)C. The highest BCUT2D eigenvalue weighted by Crippen LogP contribution is 2.60. The topological polar surface area (TPSA) is 18.5 Å². The third-order valence-electron chi connectivity index (χ3n) is 4.04. The Morgan fingerprint density at radius 2 is 1.87 bits per heavy atom. The second-order valence-electron chi connectivity index (χ2n) is 5.44. The first-order chi connectivity index (χ1) is 6.99. The van der Waals surface area contributed by atoms with E-state index in [0.717, 1.165) is 26.1 Å². The van der Waals surface area contributed by atoms with Crippen molar-refractivity contribution in [2.75, 3.05) is 13.2 Å². The summed E-state index contributed by atoms with van der Waals surface area (Å²) in [6, 6.07) is 0. The lowest BCUT2D eigenvalue weighted by Crippen LogP contribution is -2.25. The number of hydrogen-bond acceptors (Lipinski definition) is 2. The first kappa shape index (κ1) is 11.0. The van der Waals surface area contributed by atoms with Crippen LogP contribution in [0.5, 0.6) is 0 Å². The van der Waals surface area contributed by atoms with Crippen LogP contribution in [-0.2, 0) is 9.47 Å². The molecule has 0 unspecified atom stereocenters. The van der Waals surface area contributed by atoms with E-state index in [9.17, 15) is 0 Å². The van der Waals surface area contributed by atoms with Gasteiger partial charge in [-0.3, -0.25) is 0 Å². The zero-order chi connectivity index (χ0) is 11.1. The average Bonchev–Trinajstić information content (AvgIpc) is 2.53. The second-order valence-corrected chi connectivity index (χ2v) is 5.44. The Bertz CT molecular complexity index is 281. The highest BCUT2D eigenvalue weighted by molar-refractivity contribution is 5.18. The van der Waals surface area contributed by atoms with E-state index in [1.54, 1.807) is 0 Å². The molecule has 2 nitrogen and oxygen atoms in total. The average molecular weight is 208 g/mol. The standard InChI is InChI=1S/C13H20O2/c1-5-10-11(12(10,2)3)6-7-13(4)14-8-9-15-13/h1,10-11H,6-9H2,2-4H3/t10-,11+/m0/s1. The van der Waals surface area contributed by atoms with Crippen molar-refractivity contribution in [2.45, 2.75) is 39.4 Å². The predicted octanol–water partition coefficient (Wildman–Crippen LogP) is 2.44. The predicted molar refractivity (Wildman–Crippen MR) is 59.1 cm³/mol. The molecule has 1 heterocycles. The van der Waals surface area contributed by atoms with Gasteiger partial charge in [0.05, 0.1) is 13.2 Å². The summed E-state index contributed by atoms with van der Waals surface area (Å²) in [6.07, 6.45) is 7.57. The summed E-state index contributed by atoms with van der Waals surface area (Å²) in [5.74, 6) is 3.63. The largest absolute Gasteiger partial charge is 0.348 e. The molecule has 0 aromatic heterocycles. The molecule has 2 fully saturated rings. The number of ether oxygens (including phenoxy) is 2. The van der Waals surface area contributed by atoms with Crippen LogP contribution < -0.4 is 0 Å². The summed E-state index contributed by atoms with van der Waals surface area (Å²) in [6.45, 7) is 7.98. The molecule has 2 rings (SSSR count). The number of rotatable bonds is 3. The van der Waals surface area contributed by atoms with E-state index < -0.39 is 0 Å². The zero-order valence-electron chi connectivity index (χ0n) is 9.88. The summed E-state index contributed by atoms with van der Waals surface area (Å²) in [5.41, 5.74) is 0.323. The lowest BCUT2D eigenvalue weighted by molar-refractivity contribution is -0.148. The van der Waals surface area contributed by atoms with Crippen LogP contribution in [0.4, 0.5) is 0 Å². The highest BCUT2D eigenvalue weighted by Gasteiger charge is 2.56. The first-order valence-electron chi connectivity index (χ1n) is 5.74. The monoisotopic (exact) mass is 208 g/mol. The van der Waals surface area contributed by atoms with Crippen molar-refractivity contribution in [1.29, 1.82) is 0 Å². The van der Waals surface area contributed by atoms with Crippen LogP contribution in [-0.4, -0.2) is 19.0 Å². The molecule has 0 N–H and O–H groups in total. The van der Waals surface area contributed by atoms with Crippen LogP contribution in [0.15, 0.2) is 0 Å². The molecule has 0 aromatic carbocycles. The highest BCUT2D eigenvalue weighted by atomic mass is 16.7. The van der Waals surface area contributed by atoms with Crippen molar-refractivity contribution in [3.8, 4) is 12.3 Å². The molecule has 1 aliphatic heterocycles. The van der Waals surface area contributed by atoms with Crippen LogP contribution in [0.25, 0.3) is 0 Å². The summed E-state index contributed by atoms with van der Waals surface area (Å²) in [4.78, 5) is 0. The van der Waals surface area contributed by atoms with Gasteiger partial charge < -0.3 is 9.47 Å². The van der Waals surface area contributed by atoms with Crippen molar-refractivity contribution in [1.82, 2.24) is 0 Å². The van der Waals surface area contributed by atoms with Crippen molar-refractivity contribution >= 4 is 0 Å². The Morgan fingerprint density at radius 1 is 1.27 bits per heavy atom. The van der Waals surface area contributed by atoms with Crippen LogP contribution in [0.3, 0.4) is 0 Å². The maximum Gasteiger partial charge on any atom is 0.165 e. The molecule has 2 atom stereocenters. The van der Waals surface area contributed by atoms with E-state index in [0.29, 0.717) is 17.3 Å². The van der Waals surface area contributed by atoms with Crippen LogP contribution in [0, 0.1) is 29.6 Å². The van der Waals surface area contributed by atoms with Gasteiger partial charge >= 0.3 is 0 Å². The van der Waals surface area contributed by atoms with E-state index in [1.807, 2.05) is 6.92 Å². The molecule has 15 heavy (non-hydrogen) atoms. The van der Waals surface area contributed by atoms with Crippen LogP contribution in [0.2, 0.25) is 0 Å². The first-order valence-corrected chi connectivity index (χ1v) is 5.74. The minimum atomic E-state index is -0.349. The molecular formula is C13H20O2. The maximum absolute atomic E-state index is 5.58. The molecule has 0 aromatic rings. The lowest BCUT2D eigenvalue weighted by Gasteiger charge is -2.22. The molecule has 0 spiro atoms. The van der Waals surface area contributed by atoms with E-state index in [1.165, 1.54) is 0 Å². The van der Waals surface area contributed by atoms with Crippen molar-refractivity contribution in [2.24, 2.45) is 17.3 Å². The zero-order valence-corrected chi connectivity index (χ0v) is 9.88. The maximum atomic E-state index is 5.58. The van der Waals surface area contributed by atoms with Gasteiger partial charge in [0.25, 0.3) is 0 Å². The molecule has 1 saturated heterocycles. The summed E-state index contributed by atoms with van der Waals surface area (Å²) in [5, 5.41) is 0. The minimum Gasteiger partial charge on any atom is -0.348 e. The molecular weight excluding hydrogens is 188 g/mol. The van der Waals surface area contributed by atoms with E-state index in [2.05, 4.69) is 19.8 Å². The molecule has 1 aliphatic carbocycles. The number of terminal acetylenes is 1. The molecule has 1 saturated carbocycles. The summed E-state index contributed by atoms with van der Waals surface area (Å²) in [7, 11) is 0. The Morgan fingerprint density at radius 3 is 2.33 bits per heavy atom. The molecule has 0 radical (unpaired) electrons. The van der Waals surface area contributed by atoms with Gasteiger partial charge in [-0.15, -0.1) is 12.3 Å². The fourth-order valence-electron chi connectivity index (χ4n) is 2.73. The van der Waals surface area contributed by atoms with Gasteiger partial charge in [-0.25, -0.2) is 0 Å². The van der Waals surface area contributed by atoms with Crippen molar-refractivity contribution < 1.29 is 9.47 Å². The quantitative estimate of drug-likeness (QED) is 0.663. The third kappa shape index (κ3) is 1.91. The summed E-state index contributed by atoms with van der Waals surface area (Å²) < 4.78 is 11.2. The van der Waals surface area contributed by atoms with Crippen LogP contribution in [0.1, 0.15) is 33.6 Å². The number of hydrogen-bond donors (Lipinski definition) is 0. The minimum absolute atomic E-state index is 0.323. The molecule has 84 valence electrons. The van der Waals surface area contributed by atoms with Crippen molar-refractivity contribution in [3.63, 3.8) is 0 Å². The van der Waals surface area contributed by atoms with Gasteiger partial charge in [-0.2, -0.15) is 0 Å². The molecule has 0 amide bonds. The van der Waals surface area contributed by atoms with E-state index in [4.69, 9.17) is 15.9 Å². The Hall–Kier alpha value is -0.520. The second kappa shape index (κ2) is 3.50. The van der Waals surface area contributed by atoms with Gasteiger partial charge in [0, 0.05) is 12.3 Å². The Kier molecular flexibility index (Phi) is 2.56. The lowest BCUT2D eigenvalue weighted by atomic mass is 10.0. The van der Waals surface area contributed by atoms with Crippen molar-refractivity contribution in [3.05, 3.63) is 0 Å². The third-order valence-corrected chi connectivity index (χ3v) is 4.04. The fourth-order valence-corrected chi connectivity index (χ4v) is 2.73. The molecule has 2 heteroatoms. The Labute approximate surface area is 92.3 Å². The van der Waals surface area contributed by atoms with Crippen LogP contribution >= 0.6 is 0 Å². The molecule has 2 aliphatic rings. The van der Waals surface area contributed by atoms with Gasteiger partial charge in [0.1, 0.15) is 0 Å². The molecule has 0 bridgehead atoms. The van der Waals surface area contributed by atoms with Gasteiger partial charge in [0.15, 0.2) is 5.79 Å². The van der Waals surface area contributed by atoms with E-state index in [-0.39, 0.29) is 5.79 Å². The van der Waals surface area contributed by atoms with E-state index >= 15 is 0 Å². The van der Waals surface area contributed by atoms with Gasteiger partial charge in [-0.05, 0) is 24.7 Å². The normalized spacial score (nSPS) is 36.1.